The molecule has 5 heteroatoms. The number of fused-ring (bicyclic) bond motifs is 1. The van der Waals surface area contributed by atoms with Crippen LogP contribution >= 0.6 is 12.4 Å². The van der Waals surface area contributed by atoms with Crippen molar-refractivity contribution < 1.29 is 14.6 Å². The van der Waals surface area contributed by atoms with E-state index in [0.29, 0.717) is 30.0 Å². The van der Waals surface area contributed by atoms with E-state index in [1.54, 1.807) is 0 Å². The molecular formula is C22H28ClNO3. The van der Waals surface area contributed by atoms with Crippen molar-refractivity contribution in [2.24, 2.45) is 0 Å². The van der Waals surface area contributed by atoms with Gasteiger partial charge in [0, 0.05) is 12.6 Å². The number of ether oxygens (including phenoxy) is 2. The van der Waals surface area contributed by atoms with E-state index in [1.165, 1.54) is 24.8 Å². The molecule has 2 aliphatic rings. The second-order valence-corrected chi connectivity index (χ2v) is 7.54. The van der Waals surface area contributed by atoms with Crippen molar-refractivity contribution in [1.29, 1.82) is 0 Å². The highest BCUT2D eigenvalue weighted by Crippen LogP contribution is 2.34. The zero-order valence-electron chi connectivity index (χ0n) is 15.5. The second kappa shape index (κ2) is 8.96. The summed E-state index contributed by atoms with van der Waals surface area (Å²) in [6, 6.07) is 18.7. The van der Waals surface area contributed by atoms with Gasteiger partial charge < -0.3 is 19.9 Å². The van der Waals surface area contributed by atoms with Crippen LogP contribution in [0.3, 0.4) is 0 Å². The fourth-order valence-corrected chi connectivity index (χ4v) is 4.05. The molecule has 1 aliphatic heterocycles. The molecule has 1 fully saturated rings. The predicted octanol–water partition coefficient (Wildman–Crippen LogP) is 3.93. The van der Waals surface area contributed by atoms with Gasteiger partial charge in [-0.2, -0.15) is 0 Å². The third-order valence-corrected chi connectivity index (χ3v) is 5.53. The average Bonchev–Trinajstić information content (AvgIpc) is 2.87. The quantitative estimate of drug-likeness (QED) is 0.831. The molecule has 0 radical (unpaired) electrons. The monoisotopic (exact) mass is 389 g/mol. The Balaban J connectivity index is 0.00000210. The van der Waals surface area contributed by atoms with Crippen molar-refractivity contribution >= 4 is 12.4 Å². The van der Waals surface area contributed by atoms with E-state index in [-0.39, 0.29) is 25.6 Å². The molecule has 2 unspecified atom stereocenters. The predicted molar refractivity (Wildman–Crippen MR) is 109 cm³/mol. The highest BCUT2D eigenvalue weighted by Gasteiger charge is 2.35. The Morgan fingerprint density at radius 1 is 0.889 bits per heavy atom. The number of benzene rings is 2. The van der Waals surface area contributed by atoms with E-state index in [0.717, 1.165) is 6.42 Å². The lowest BCUT2D eigenvalue weighted by Gasteiger charge is -2.35. The van der Waals surface area contributed by atoms with Crippen LogP contribution < -0.4 is 14.8 Å². The molecule has 4 nitrogen and oxygen atoms in total. The molecule has 2 N–H and O–H groups in total. The maximum Gasteiger partial charge on any atom is 0.161 e. The minimum Gasteiger partial charge on any atom is -0.487 e. The third-order valence-electron chi connectivity index (χ3n) is 5.53. The average molecular weight is 390 g/mol. The summed E-state index contributed by atoms with van der Waals surface area (Å²) in [7, 11) is 0. The topological polar surface area (TPSA) is 50.7 Å². The van der Waals surface area contributed by atoms with E-state index in [2.05, 4.69) is 35.6 Å². The van der Waals surface area contributed by atoms with Gasteiger partial charge in [0.2, 0.25) is 0 Å². The van der Waals surface area contributed by atoms with Crippen LogP contribution in [0.4, 0.5) is 0 Å². The Hall–Kier alpha value is -1.75. The first-order valence-electron chi connectivity index (χ1n) is 9.59. The highest BCUT2D eigenvalue weighted by molar-refractivity contribution is 5.85. The smallest absolute Gasteiger partial charge is 0.161 e. The fraction of sp³-hybridized carbons (Fsp3) is 0.455. The van der Waals surface area contributed by atoms with Crippen molar-refractivity contribution in [3.63, 3.8) is 0 Å². The maximum absolute atomic E-state index is 11.0. The summed E-state index contributed by atoms with van der Waals surface area (Å²) in [6.07, 6.45) is 4.83. The van der Waals surface area contributed by atoms with Gasteiger partial charge in [0.15, 0.2) is 11.5 Å². The van der Waals surface area contributed by atoms with Crippen molar-refractivity contribution in [3.05, 3.63) is 60.2 Å². The molecule has 2 aromatic carbocycles. The molecule has 0 bridgehead atoms. The lowest BCUT2D eigenvalue weighted by atomic mass is 9.80. The molecule has 0 aromatic heterocycles. The van der Waals surface area contributed by atoms with Crippen LogP contribution in [0.2, 0.25) is 0 Å². The number of nitrogens with one attached hydrogen (secondary N) is 1. The molecule has 0 saturated heterocycles. The van der Waals surface area contributed by atoms with Crippen LogP contribution in [0.25, 0.3) is 0 Å². The van der Waals surface area contributed by atoms with Crippen molar-refractivity contribution in [2.45, 2.75) is 43.2 Å². The standard InChI is InChI=1S/C22H27NO3.ClH/c24-22(15-25-20-12-6-7-13-21(20)26-16-22)14-23-19-11-5-4-10-18(19)17-8-2-1-3-9-17;/h1-3,6-9,12-13,18-19,23-24H,4-5,10-11,14-16H2;1H. The van der Waals surface area contributed by atoms with Crippen LogP contribution in [-0.2, 0) is 0 Å². The molecule has 146 valence electrons. The van der Waals surface area contributed by atoms with Gasteiger partial charge in [0.25, 0.3) is 0 Å². The number of rotatable bonds is 4. The zero-order chi connectivity index (χ0) is 17.8. The van der Waals surface area contributed by atoms with Crippen LogP contribution in [-0.4, -0.2) is 36.5 Å². The molecule has 27 heavy (non-hydrogen) atoms. The van der Waals surface area contributed by atoms with E-state index < -0.39 is 5.60 Å². The zero-order valence-corrected chi connectivity index (χ0v) is 16.3. The molecule has 2 aromatic rings. The minimum absolute atomic E-state index is 0. The molecule has 1 saturated carbocycles. The molecule has 1 heterocycles. The molecule has 0 spiro atoms. The first kappa shape index (κ1) is 20.0. The van der Waals surface area contributed by atoms with Gasteiger partial charge >= 0.3 is 0 Å². The van der Waals surface area contributed by atoms with Gasteiger partial charge in [0.1, 0.15) is 18.8 Å². The normalized spacial score (nSPS) is 23.7. The van der Waals surface area contributed by atoms with Crippen LogP contribution in [0.1, 0.15) is 37.2 Å². The summed E-state index contributed by atoms with van der Waals surface area (Å²) in [5.74, 6) is 1.89. The molecule has 1 aliphatic carbocycles. The molecule has 2 atom stereocenters. The van der Waals surface area contributed by atoms with Crippen LogP contribution in [0, 0.1) is 0 Å². The summed E-state index contributed by atoms with van der Waals surface area (Å²) in [6.45, 7) is 0.939. The SMILES string of the molecule is Cl.OC1(CNC2CCCCC2c2ccccc2)COc2ccccc2OC1. The largest absolute Gasteiger partial charge is 0.487 e. The molecule has 0 amide bonds. The lowest BCUT2D eigenvalue weighted by Crippen LogP contribution is -2.52. The minimum atomic E-state index is -1.03. The number of halogens is 1. The van der Waals surface area contributed by atoms with E-state index in [9.17, 15) is 5.11 Å². The first-order valence-corrected chi connectivity index (χ1v) is 9.59. The fourth-order valence-electron chi connectivity index (χ4n) is 4.05. The Labute approximate surface area is 167 Å². The van der Waals surface area contributed by atoms with Gasteiger partial charge in [0.05, 0.1) is 0 Å². The van der Waals surface area contributed by atoms with Gasteiger partial charge in [-0.1, -0.05) is 55.3 Å². The summed E-state index contributed by atoms with van der Waals surface area (Å²) in [4.78, 5) is 0. The maximum atomic E-state index is 11.0. The van der Waals surface area contributed by atoms with Crippen molar-refractivity contribution in [2.75, 3.05) is 19.8 Å². The number of hydrogen-bond donors (Lipinski definition) is 2. The van der Waals surface area contributed by atoms with Gasteiger partial charge in [-0.05, 0) is 36.5 Å². The van der Waals surface area contributed by atoms with Gasteiger partial charge in [-0.15, -0.1) is 12.4 Å². The number of para-hydroxylation sites is 2. The van der Waals surface area contributed by atoms with Crippen LogP contribution in [0.15, 0.2) is 54.6 Å². The molecule has 4 rings (SSSR count). The summed E-state index contributed by atoms with van der Waals surface area (Å²) >= 11 is 0. The third kappa shape index (κ3) is 4.75. The second-order valence-electron chi connectivity index (χ2n) is 7.54. The lowest BCUT2D eigenvalue weighted by molar-refractivity contribution is -0.0295. The molecular weight excluding hydrogens is 362 g/mol. The first-order chi connectivity index (χ1) is 12.7. The van der Waals surface area contributed by atoms with Gasteiger partial charge in [-0.3, -0.25) is 0 Å². The highest BCUT2D eigenvalue weighted by atomic mass is 35.5. The summed E-state index contributed by atoms with van der Waals surface area (Å²) in [5.41, 5.74) is 0.356. The van der Waals surface area contributed by atoms with Crippen LogP contribution in [0.5, 0.6) is 11.5 Å². The summed E-state index contributed by atoms with van der Waals surface area (Å²) in [5, 5.41) is 14.6. The summed E-state index contributed by atoms with van der Waals surface area (Å²) < 4.78 is 11.6. The van der Waals surface area contributed by atoms with E-state index in [1.807, 2.05) is 24.3 Å². The Morgan fingerprint density at radius 3 is 2.15 bits per heavy atom. The Kier molecular flexibility index (Phi) is 6.64. The van der Waals surface area contributed by atoms with Gasteiger partial charge in [-0.25, -0.2) is 0 Å². The number of hydrogen-bond acceptors (Lipinski definition) is 4. The number of aliphatic hydroxyl groups is 1. The Bertz CT molecular complexity index is 698. The van der Waals surface area contributed by atoms with Crippen molar-refractivity contribution in [3.8, 4) is 11.5 Å². The Morgan fingerprint density at radius 2 is 1.48 bits per heavy atom. The van der Waals surface area contributed by atoms with E-state index in [4.69, 9.17) is 9.47 Å². The van der Waals surface area contributed by atoms with Crippen molar-refractivity contribution in [1.82, 2.24) is 5.32 Å². The van der Waals surface area contributed by atoms with E-state index >= 15 is 0 Å².